The highest BCUT2D eigenvalue weighted by molar-refractivity contribution is 6.36. The Hall–Kier alpha value is -2.88. The van der Waals surface area contributed by atoms with Gasteiger partial charge in [-0.05, 0) is 62.4 Å². The first-order valence-corrected chi connectivity index (χ1v) is 9.77. The zero-order chi connectivity index (χ0) is 20.6. The molecule has 3 rings (SSSR count). The van der Waals surface area contributed by atoms with Crippen LogP contribution >= 0.6 is 0 Å². The van der Waals surface area contributed by atoms with Crippen LogP contribution in [0.4, 0.5) is 5.69 Å². The molecule has 146 valence electrons. The molecule has 0 saturated heterocycles. The molecular weight excluding hydrogens is 348 g/mol. The molecule has 4 nitrogen and oxygen atoms in total. The maximum atomic E-state index is 13.1. The minimum Gasteiger partial charge on any atom is -0.350 e. The Kier molecular flexibility index (Phi) is 5.41. The summed E-state index contributed by atoms with van der Waals surface area (Å²) in [6, 6.07) is 13.7. The van der Waals surface area contributed by atoms with Gasteiger partial charge in [0.2, 0.25) is 0 Å². The van der Waals surface area contributed by atoms with Gasteiger partial charge in [-0.3, -0.25) is 14.5 Å². The summed E-state index contributed by atoms with van der Waals surface area (Å²) in [4.78, 5) is 27.6. The van der Waals surface area contributed by atoms with Crippen LogP contribution < -0.4 is 5.32 Å². The molecule has 4 heteroatoms. The predicted octanol–water partition coefficient (Wildman–Crippen LogP) is 5.03. The molecule has 1 heterocycles. The lowest BCUT2D eigenvalue weighted by Crippen LogP contribution is -2.38. The van der Waals surface area contributed by atoms with Crippen molar-refractivity contribution in [3.8, 4) is 0 Å². The van der Waals surface area contributed by atoms with E-state index in [9.17, 15) is 9.59 Å². The molecule has 0 aliphatic carbocycles. The maximum Gasteiger partial charge on any atom is 0.278 e. The Balaban J connectivity index is 2.09. The summed E-state index contributed by atoms with van der Waals surface area (Å²) in [5, 5.41) is 3.23. The van der Waals surface area contributed by atoms with Crippen molar-refractivity contribution < 1.29 is 9.59 Å². The summed E-state index contributed by atoms with van der Waals surface area (Å²) in [7, 11) is 0. The average Bonchev–Trinajstić information content (AvgIpc) is 2.86. The fraction of sp³-hybridized carbons (Fsp3) is 0.333. The molecular formula is C24H28N2O2. The highest BCUT2D eigenvalue weighted by Gasteiger charge is 2.40. The lowest BCUT2D eigenvalue weighted by molar-refractivity contribution is -0.138. The highest BCUT2D eigenvalue weighted by atomic mass is 16.2. The molecule has 28 heavy (non-hydrogen) atoms. The van der Waals surface area contributed by atoms with E-state index >= 15 is 0 Å². The summed E-state index contributed by atoms with van der Waals surface area (Å²) in [6.45, 7) is 12.0. The van der Waals surface area contributed by atoms with Gasteiger partial charge in [-0.25, -0.2) is 0 Å². The molecule has 1 aliphatic heterocycles. The number of nitrogens with zero attached hydrogens (tertiary/aromatic N) is 1. The molecule has 0 aromatic heterocycles. The van der Waals surface area contributed by atoms with Crippen molar-refractivity contribution in [2.24, 2.45) is 0 Å². The van der Waals surface area contributed by atoms with E-state index in [-0.39, 0.29) is 17.9 Å². The molecule has 0 bridgehead atoms. The number of imide groups is 1. The second-order valence-electron chi connectivity index (χ2n) is 8.04. The first-order valence-electron chi connectivity index (χ1n) is 9.77. The van der Waals surface area contributed by atoms with Gasteiger partial charge in [-0.2, -0.15) is 0 Å². The van der Waals surface area contributed by atoms with Gasteiger partial charge >= 0.3 is 0 Å². The van der Waals surface area contributed by atoms with E-state index in [0.717, 1.165) is 22.4 Å². The van der Waals surface area contributed by atoms with Crippen molar-refractivity contribution in [3.63, 3.8) is 0 Å². The van der Waals surface area contributed by atoms with Gasteiger partial charge in [0.15, 0.2) is 0 Å². The summed E-state index contributed by atoms with van der Waals surface area (Å²) in [5.41, 5.74) is 5.73. The Morgan fingerprint density at radius 3 is 2.04 bits per heavy atom. The molecule has 2 aromatic carbocycles. The molecule has 0 saturated carbocycles. The van der Waals surface area contributed by atoms with Crippen molar-refractivity contribution >= 4 is 23.1 Å². The molecule has 2 aromatic rings. The zero-order valence-electron chi connectivity index (χ0n) is 17.5. The van der Waals surface area contributed by atoms with Crippen LogP contribution in [0.2, 0.25) is 0 Å². The van der Waals surface area contributed by atoms with Crippen LogP contribution in [-0.2, 0) is 9.59 Å². The van der Waals surface area contributed by atoms with E-state index in [1.807, 2.05) is 70.2 Å². The van der Waals surface area contributed by atoms with Gasteiger partial charge in [-0.1, -0.05) is 49.7 Å². The number of amides is 2. The van der Waals surface area contributed by atoms with Crippen LogP contribution in [0.3, 0.4) is 0 Å². The van der Waals surface area contributed by atoms with Crippen molar-refractivity contribution in [1.29, 1.82) is 0 Å². The van der Waals surface area contributed by atoms with Gasteiger partial charge in [0.05, 0.1) is 5.57 Å². The van der Waals surface area contributed by atoms with Crippen LogP contribution in [0.15, 0.2) is 48.2 Å². The first kappa shape index (κ1) is 19.9. The zero-order valence-corrected chi connectivity index (χ0v) is 17.5. The number of aryl methyl sites for hydroxylation is 2. The number of carbonyl (C=O) groups is 2. The number of benzene rings is 2. The largest absolute Gasteiger partial charge is 0.350 e. The SMILES string of the molecule is Cc1ccc(C2=C(Nc3ccc(C(C)C)cc3)C(=O)N(C(C)C)C2=O)c(C)c1. The van der Waals surface area contributed by atoms with Gasteiger partial charge in [0.25, 0.3) is 11.8 Å². The van der Waals surface area contributed by atoms with Crippen molar-refractivity contribution in [3.05, 3.63) is 70.4 Å². The number of carbonyl (C=O) groups excluding carboxylic acids is 2. The number of anilines is 1. The molecule has 1 N–H and O–H groups in total. The second kappa shape index (κ2) is 7.63. The van der Waals surface area contributed by atoms with E-state index in [4.69, 9.17) is 0 Å². The van der Waals surface area contributed by atoms with Crippen molar-refractivity contribution in [2.75, 3.05) is 5.32 Å². The molecule has 0 atom stereocenters. The highest BCUT2D eigenvalue weighted by Crippen LogP contribution is 2.33. The van der Waals surface area contributed by atoms with Crippen LogP contribution in [0.25, 0.3) is 5.57 Å². The minimum absolute atomic E-state index is 0.205. The monoisotopic (exact) mass is 376 g/mol. The second-order valence-corrected chi connectivity index (χ2v) is 8.04. The fourth-order valence-corrected chi connectivity index (χ4v) is 3.57. The third kappa shape index (κ3) is 3.59. The molecule has 1 aliphatic rings. The third-order valence-electron chi connectivity index (χ3n) is 5.13. The van der Waals surface area contributed by atoms with Crippen LogP contribution in [0.5, 0.6) is 0 Å². The van der Waals surface area contributed by atoms with Crippen LogP contribution in [0, 0.1) is 13.8 Å². The number of rotatable bonds is 5. The molecule has 0 spiro atoms. The van der Waals surface area contributed by atoms with Crippen LogP contribution in [0.1, 0.15) is 55.9 Å². The Morgan fingerprint density at radius 1 is 0.857 bits per heavy atom. The number of nitrogens with one attached hydrogen (secondary N) is 1. The van der Waals surface area contributed by atoms with Gasteiger partial charge in [-0.15, -0.1) is 0 Å². The predicted molar refractivity (Wildman–Crippen MR) is 114 cm³/mol. The van der Waals surface area contributed by atoms with Crippen molar-refractivity contribution in [1.82, 2.24) is 4.90 Å². The lowest BCUT2D eigenvalue weighted by Gasteiger charge is -2.19. The van der Waals surface area contributed by atoms with E-state index in [0.29, 0.717) is 17.2 Å². The fourth-order valence-electron chi connectivity index (χ4n) is 3.57. The maximum absolute atomic E-state index is 13.1. The van der Waals surface area contributed by atoms with Crippen LogP contribution in [-0.4, -0.2) is 22.8 Å². The number of hydrogen-bond donors (Lipinski definition) is 1. The summed E-state index contributed by atoms with van der Waals surface area (Å²) < 4.78 is 0. The quantitative estimate of drug-likeness (QED) is 0.745. The van der Waals surface area contributed by atoms with E-state index < -0.39 is 0 Å². The average molecular weight is 377 g/mol. The lowest BCUT2D eigenvalue weighted by atomic mass is 9.97. The third-order valence-corrected chi connectivity index (χ3v) is 5.13. The summed E-state index contributed by atoms with van der Waals surface area (Å²) in [6.07, 6.45) is 0. The molecule has 2 amide bonds. The smallest absolute Gasteiger partial charge is 0.278 e. The normalized spacial score (nSPS) is 14.6. The van der Waals surface area contributed by atoms with E-state index in [2.05, 4.69) is 19.2 Å². The van der Waals surface area contributed by atoms with E-state index in [1.165, 1.54) is 10.5 Å². The molecule has 0 radical (unpaired) electrons. The standard InChI is InChI=1S/C24H28N2O2/c1-14(2)18-8-10-19(11-9-18)25-22-21(20-12-7-16(5)13-17(20)6)23(27)26(15(3)4)24(22)28/h7-15,25H,1-6H3. The number of hydrogen-bond acceptors (Lipinski definition) is 3. The molecule has 0 unspecified atom stereocenters. The Morgan fingerprint density at radius 2 is 1.50 bits per heavy atom. The Bertz CT molecular complexity index is 953. The molecule has 0 fully saturated rings. The van der Waals surface area contributed by atoms with Gasteiger partial charge < -0.3 is 5.32 Å². The van der Waals surface area contributed by atoms with Gasteiger partial charge in [0.1, 0.15) is 5.70 Å². The topological polar surface area (TPSA) is 49.4 Å². The van der Waals surface area contributed by atoms with Crippen molar-refractivity contribution in [2.45, 2.75) is 53.5 Å². The van der Waals surface area contributed by atoms with E-state index in [1.54, 1.807) is 0 Å². The first-order chi connectivity index (χ1) is 13.2. The summed E-state index contributed by atoms with van der Waals surface area (Å²) >= 11 is 0. The Labute approximate surface area is 167 Å². The van der Waals surface area contributed by atoms with Gasteiger partial charge in [0, 0.05) is 11.7 Å². The minimum atomic E-state index is -0.275. The summed E-state index contributed by atoms with van der Waals surface area (Å²) in [5.74, 6) is -0.0821.